The fraction of sp³-hybridized carbons (Fsp3) is 0.533. The Bertz CT molecular complexity index is 496. The Balaban J connectivity index is 1.88. The monoisotopic (exact) mass is 297 g/mol. The average Bonchev–Trinajstić information content (AvgIpc) is 2.85. The second kappa shape index (κ2) is 6.87. The van der Waals surface area contributed by atoms with Gasteiger partial charge in [0.2, 0.25) is 0 Å². The molecule has 5 nitrogen and oxygen atoms in total. The van der Waals surface area contributed by atoms with E-state index in [1.165, 1.54) is 23.1 Å². The minimum Gasteiger partial charge on any atom is -0.484 e. The van der Waals surface area contributed by atoms with Crippen LogP contribution in [0.3, 0.4) is 0 Å². The number of amides is 1. The molecule has 0 heterocycles. The van der Waals surface area contributed by atoms with E-state index in [4.69, 9.17) is 9.47 Å². The number of hydrogen-bond acceptors (Lipinski definition) is 4. The van der Waals surface area contributed by atoms with Crippen LogP contribution >= 0.6 is 0 Å². The molecule has 116 valence electrons. The number of nitrogens with zero attached hydrogens (tertiary/aromatic N) is 1. The minimum atomic E-state index is -0.696. The van der Waals surface area contributed by atoms with E-state index in [0.717, 1.165) is 0 Å². The molecule has 0 bridgehead atoms. The minimum absolute atomic E-state index is 0.194. The Morgan fingerprint density at radius 2 is 2.24 bits per heavy atom. The second-order valence-corrected chi connectivity index (χ2v) is 5.16. The Labute approximate surface area is 123 Å². The molecule has 0 radical (unpaired) electrons. The maximum Gasteiger partial charge on any atom is 0.260 e. The van der Waals surface area contributed by atoms with Crippen molar-refractivity contribution in [2.45, 2.75) is 31.1 Å². The van der Waals surface area contributed by atoms with Crippen molar-refractivity contribution in [3.8, 4) is 5.75 Å². The second-order valence-electron chi connectivity index (χ2n) is 5.16. The lowest BCUT2D eigenvalue weighted by molar-refractivity contribution is -0.136. The quantitative estimate of drug-likeness (QED) is 0.887. The van der Waals surface area contributed by atoms with Crippen LogP contribution in [0.5, 0.6) is 5.75 Å². The van der Waals surface area contributed by atoms with Gasteiger partial charge in [-0.15, -0.1) is 0 Å². The molecule has 0 aromatic heterocycles. The van der Waals surface area contributed by atoms with E-state index in [9.17, 15) is 14.3 Å². The Kier molecular flexibility index (Phi) is 5.14. The lowest BCUT2D eigenvalue weighted by Gasteiger charge is -2.28. The highest BCUT2D eigenvalue weighted by Crippen LogP contribution is 2.26. The number of likely N-dealkylation sites (N-methyl/N-ethyl adjacent to an activating group) is 1. The summed E-state index contributed by atoms with van der Waals surface area (Å²) in [6.45, 7) is -0.194. The van der Waals surface area contributed by atoms with Gasteiger partial charge in [0, 0.05) is 20.2 Å². The number of aliphatic hydroxyl groups is 1. The molecule has 1 aliphatic rings. The average molecular weight is 297 g/mol. The van der Waals surface area contributed by atoms with Crippen LogP contribution in [-0.2, 0) is 9.53 Å². The predicted molar refractivity (Wildman–Crippen MR) is 74.5 cm³/mol. The number of hydrogen-bond donors (Lipinski definition) is 1. The van der Waals surface area contributed by atoms with Gasteiger partial charge in [0.1, 0.15) is 17.7 Å². The van der Waals surface area contributed by atoms with Crippen LogP contribution in [0, 0.1) is 5.82 Å². The molecule has 21 heavy (non-hydrogen) atoms. The van der Waals surface area contributed by atoms with Gasteiger partial charge in [0.05, 0.1) is 12.1 Å². The first-order chi connectivity index (χ1) is 10.0. The first-order valence-corrected chi connectivity index (χ1v) is 6.88. The third-order valence-corrected chi connectivity index (χ3v) is 3.87. The summed E-state index contributed by atoms with van der Waals surface area (Å²) in [5, 5.41) is 10.1. The lowest BCUT2D eigenvalue weighted by atomic mass is 10.2. The zero-order valence-electron chi connectivity index (χ0n) is 12.2. The summed E-state index contributed by atoms with van der Waals surface area (Å²) < 4.78 is 23.4. The van der Waals surface area contributed by atoms with E-state index in [0.29, 0.717) is 18.6 Å². The van der Waals surface area contributed by atoms with Gasteiger partial charge < -0.3 is 19.5 Å². The highest BCUT2D eigenvalue weighted by atomic mass is 19.1. The van der Waals surface area contributed by atoms with Gasteiger partial charge in [-0.25, -0.2) is 4.39 Å². The van der Waals surface area contributed by atoms with Crippen LogP contribution < -0.4 is 4.74 Å². The van der Waals surface area contributed by atoms with Crippen molar-refractivity contribution in [2.75, 3.05) is 20.8 Å². The van der Waals surface area contributed by atoms with Crippen molar-refractivity contribution in [1.29, 1.82) is 0 Å². The summed E-state index contributed by atoms with van der Waals surface area (Å²) in [5.41, 5.74) is 0. The van der Waals surface area contributed by atoms with Gasteiger partial charge in [0.25, 0.3) is 5.91 Å². The van der Waals surface area contributed by atoms with Crippen LogP contribution in [0.1, 0.15) is 12.8 Å². The number of aliphatic hydroxyl groups excluding tert-OH is 1. The Hall–Kier alpha value is -1.66. The topological polar surface area (TPSA) is 59.0 Å². The molecule has 0 spiro atoms. The van der Waals surface area contributed by atoms with Crippen molar-refractivity contribution < 1.29 is 23.8 Å². The van der Waals surface area contributed by atoms with Crippen molar-refractivity contribution in [3.05, 3.63) is 30.1 Å². The van der Waals surface area contributed by atoms with E-state index in [-0.39, 0.29) is 24.7 Å². The van der Waals surface area contributed by atoms with Gasteiger partial charge >= 0.3 is 0 Å². The number of carbonyl (C=O) groups excluding carboxylic acids is 1. The van der Waals surface area contributed by atoms with Crippen LogP contribution in [-0.4, -0.2) is 54.9 Å². The van der Waals surface area contributed by atoms with Crippen LogP contribution in [0.15, 0.2) is 24.3 Å². The molecular formula is C15H20FNO4. The first-order valence-electron chi connectivity index (χ1n) is 6.88. The summed E-state index contributed by atoms with van der Waals surface area (Å²) in [7, 11) is 3.17. The number of halogens is 1. The molecule has 1 fully saturated rings. The van der Waals surface area contributed by atoms with Crippen LogP contribution in [0.2, 0.25) is 0 Å². The summed E-state index contributed by atoms with van der Waals surface area (Å²) >= 11 is 0. The third kappa shape index (κ3) is 3.71. The Morgan fingerprint density at radius 1 is 1.48 bits per heavy atom. The maximum atomic E-state index is 13.0. The molecule has 1 amide bonds. The van der Waals surface area contributed by atoms with Crippen molar-refractivity contribution >= 4 is 5.91 Å². The maximum absolute atomic E-state index is 13.0. The third-order valence-electron chi connectivity index (χ3n) is 3.87. The summed E-state index contributed by atoms with van der Waals surface area (Å²) in [6, 6.07) is 5.35. The molecule has 0 aliphatic heterocycles. The van der Waals surface area contributed by atoms with Gasteiger partial charge in [-0.05, 0) is 25.0 Å². The molecule has 1 N–H and O–H groups in total. The van der Waals surface area contributed by atoms with Crippen molar-refractivity contribution in [1.82, 2.24) is 4.90 Å². The normalized spacial score (nSPS) is 24.9. The molecular weight excluding hydrogens is 277 g/mol. The van der Waals surface area contributed by atoms with Crippen molar-refractivity contribution in [2.24, 2.45) is 0 Å². The number of carbonyl (C=O) groups is 1. The van der Waals surface area contributed by atoms with Crippen LogP contribution in [0.4, 0.5) is 4.39 Å². The number of benzene rings is 1. The predicted octanol–water partition coefficient (Wildman–Crippen LogP) is 1.20. The van der Waals surface area contributed by atoms with Gasteiger partial charge in [-0.1, -0.05) is 6.07 Å². The van der Waals surface area contributed by atoms with Gasteiger partial charge in [-0.2, -0.15) is 0 Å². The molecule has 1 aromatic carbocycles. The molecule has 0 unspecified atom stereocenters. The van der Waals surface area contributed by atoms with E-state index >= 15 is 0 Å². The molecule has 1 aliphatic carbocycles. The lowest BCUT2D eigenvalue weighted by Crippen LogP contribution is -2.46. The number of rotatable bonds is 5. The fourth-order valence-corrected chi connectivity index (χ4v) is 2.59. The highest BCUT2D eigenvalue weighted by molar-refractivity contribution is 5.78. The molecule has 3 atom stereocenters. The van der Waals surface area contributed by atoms with E-state index in [1.54, 1.807) is 20.2 Å². The molecule has 2 rings (SSSR count). The smallest absolute Gasteiger partial charge is 0.260 e. The van der Waals surface area contributed by atoms with Crippen molar-refractivity contribution in [3.63, 3.8) is 0 Å². The Morgan fingerprint density at radius 3 is 2.86 bits per heavy atom. The zero-order valence-corrected chi connectivity index (χ0v) is 12.2. The van der Waals surface area contributed by atoms with E-state index in [1.807, 2.05) is 0 Å². The summed E-state index contributed by atoms with van der Waals surface area (Å²) in [6.07, 6.45) is 0.458. The summed E-state index contributed by atoms with van der Waals surface area (Å²) in [4.78, 5) is 13.6. The zero-order chi connectivity index (χ0) is 15.4. The standard InChI is InChI=1S/C15H20FNO4/c1-17(12-6-7-13(20-2)15(12)19)14(18)9-21-11-5-3-4-10(16)8-11/h3-5,8,12-13,15,19H,6-7,9H2,1-2H3/t12-,13-,15-/m1/s1. The fourth-order valence-electron chi connectivity index (χ4n) is 2.59. The van der Waals surface area contributed by atoms with E-state index in [2.05, 4.69) is 0 Å². The van der Waals surface area contributed by atoms with Gasteiger partial charge in [-0.3, -0.25) is 4.79 Å². The number of methoxy groups -OCH3 is 1. The van der Waals surface area contributed by atoms with Gasteiger partial charge in [0.15, 0.2) is 6.61 Å². The molecule has 1 saturated carbocycles. The molecule has 1 aromatic rings. The largest absolute Gasteiger partial charge is 0.484 e. The first kappa shape index (κ1) is 15.7. The molecule has 6 heteroatoms. The van der Waals surface area contributed by atoms with Crippen LogP contribution in [0.25, 0.3) is 0 Å². The summed E-state index contributed by atoms with van der Waals surface area (Å²) in [5.74, 6) is -0.374. The van der Waals surface area contributed by atoms with E-state index < -0.39 is 11.9 Å². The highest BCUT2D eigenvalue weighted by Gasteiger charge is 2.38. The molecule has 0 saturated heterocycles. The SMILES string of the molecule is CO[C@@H]1CC[C@@H](N(C)C(=O)COc2cccc(F)c2)[C@H]1O. The number of ether oxygens (including phenoxy) is 2.